The van der Waals surface area contributed by atoms with Crippen molar-refractivity contribution in [3.05, 3.63) is 10.5 Å². The summed E-state index contributed by atoms with van der Waals surface area (Å²) in [5.74, 6) is -3.35. The molecular weight excluding hydrogens is 295 g/mol. The van der Waals surface area contributed by atoms with E-state index in [0.717, 1.165) is 24.6 Å². The van der Waals surface area contributed by atoms with Crippen LogP contribution < -0.4 is 5.73 Å². The van der Waals surface area contributed by atoms with Crippen LogP contribution in [0.5, 0.6) is 0 Å². The van der Waals surface area contributed by atoms with Gasteiger partial charge in [0.1, 0.15) is 6.04 Å². The van der Waals surface area contributed by atoms with Crippen LogP contribution in [0.1, 0.15) is 19.3 Å². The fraction of sp³-hybridized carbons (Fsp3) is 0.667. The molecule has 2 aliphatic rings. The van der Waals surface area contributed by atoms with Crippen LogP contribution in [0, 0.1) is 11.8 Å². The average molecular weight is 309 g/mol. The Bertz CT molecular complexity index is 475. The van der Waals surface area contributed by atoms with Crippen molar-refractivity contribution in [2.24, 2.45) is 17.6 Å². The van der Waals surface area contributed by atoms with Crippen molar-refractivity contribution in [3.63, 3.8) is 0 Å². The van der Waals surface area contributed by atoms with Gasteiger partial charge >= 0.3 is 12.1 Å². The molecule has 20 heavy (non-hydrogen) atoms. The molecule has 3 atom stereocenters. The van der Waals surface area contributed by atoms with Crippen molar-refractivity contribution < 1.29 is 27.9 Å². The Kier molecular flexibility index (Phi) is 4.15. The maximum Gasteiger partial charge on any atom is 0.454 e. The Labute approximate surface area is 117 Å². The molecule has 0 aliphatic heterocycles. The van der Waals surface area contributed by atoms with Crippen molar-refractivity contribution in [3.8, 4) is 0 Å². The number of halogens is 3. The van der Waals surface area contributed by atoms with Gasteiger partial charge in [0.25, 0.3) is 5.78 Å². The average Bonchev–Trinajstić information content (AvgIpc) is 2.72. The summed E-state index contributed by atoms with van der Waals surface area (Å²) in [5, 5.41) is 8.68. The van der Waals surface area contributed by atoms with Crippen molar-refractivity contribution in [1.82, 2.24) is 0 Å². The van der Waals surface area contributed by atoms with Crippen molar-refractivity contribution >= 4 is 23.5 Å². The third kappa shape index (κ3) is 2.71. The molecule has 0 heterocycles. The number of allylic oxidation sites excluding steroid dienone is 2. The smallest absolute Gasteiger partial charge is 0.454 e. The Balaban J connectivity index is 2.15. The number of carboxylic acids is 1. The van der Waals surface area contributed by atoms with Crippen LogP contribution in [0.15, 0.2) is 10.5 Å². The van der Waals surface area contributed by atoms with Crippen LogP contribution in [-0.4, -0.2) is 34.8 Å². The number of hydrogen-bond acceptors (Lipinski definition) is 4. The van der Waals surface area contributed by atoms with Crippen molar-refractivity contribution in [1.29, 1.82) is 0 Å². The van der Waals surface area contributed by atoms with Crippen LogP contribution in [0.25, 0.3) is 0 Å². The quantitative estimate of drug-likeness (QED) is 0.811. The third-order valence-electron chi connectivity index (χ3n) is 3.73. The molecule has 0 spiro atoms. The third-order valence-corrected chi connectivity index (χ3v) is 5.09. The second-order valence-electron chi connectivity index (χ2n) is 5.00. The number of hydrogen-bond donors (Lipinski definition) is 2. The molecule has 1 fully saturated rings. The molecule has 3 N–H and O–H groups in total. The zero-order chi connectivity index (χ0) is 15.1. The summed E-state index contributed by atoms with van der Waals surface area (Å²) >= 11 is 0.982. The highest BCUT2D eigenvalue weighted by Crippen LogP contribution is 2.56. The first kappa shape index (κ1) is 15.4. The highest BCUT2D eigenvalue weighted by molar-refractivity contribution is 8.03. The van der Waals surface area contributed by atoms with E-state index in [1.54, 1.807) is 0 Å². The Morgan fingerprint density at radius 1 is 1.35 bits per heavy atom. The topological polar surface area (TPSA) is 80.4 Å². The standard InChI is InChI=1S/C12H14F3NO3S/c13-12(14,15)10(17)8-5-2-1-3-6(5)9(8)20-4-7(16)11(18)19/h5-7H,1-4,16H2,(H,18,19). The predicted molar refractivity (Wildman–Crippen MR) is 67.0 cm³/mol. The molecule has 0 aromatic carbocycles. The van der Waals surface area contributed by atoms with Gasteiger partial charge in [-0.1, -0.05) is 6.42 Å². The molecular formula is C12H14F3NO3S. The highest BCUT2D eigenvalue weighted by atomic mass is 32.2. The minimum atomic E-state index is -4.87. The lowest BCUT2D eigenvalue weighted by Crippen LogP contribution is -2.38. The first-order valence-corrected chi connectivity index (χ1v) is 7.18. The minimum absolute atomic E-state index is 0.0253. The second kappa shape index (κ2) is 5.40. The van der Waals surface area contributed by atoms with Crippen LogP contribution in [0.2, 0.25) is 0 Å². The van der Waals surface area contributed by atoms with Crippen molar-refractivity contribution in [2.75, 3.05) is 5.75 Å². The van der Waals surface area contributed by atoms with Gasteiger partial charge in [-0.2, -0.15) is 13.2 Å². The number of carbonyl (C=O) groups is 2. The lowest BCUT2D eigenvalue weighted by Gasteiger charge is -2.37. The first-order valence-electron chi connectivity index (χ1n) is 6.20. The fourth-order valence-electron chi connectivity index (χ4n) is 2.77. The molecule has 0 amide bonds. The Morgan fingerprint density at radius 3 is 2.50 bits per heavy atom. The van der Waals surface area contributed by atoms with Gasteiger partial charge in [-0.15, -0.1) is 11.8 Å². The molecule has 112 valence electrons. The fourth-order valence-corrected chi connectivity index (χ4v) is 4.17. The molecule has 0 bridgehead atoms. The summed E-state index contributed by atoms with van der Waals surface area (Å²) in [6, 6.07) is -1.14. The van der Waals surface area contributed by atoms with E-state index < -0.39 is 24.0 Å². The maximum absolute atomic E-state index is 12.6. The molecule has 4 nitrogen and oxygen atoms in total. The molecule has 0 aromatic heterocycles. The number of nitrogens with two attached hydrogens (primary N) is 1. The second-order valence-corrected chi connectivity index (χ2v) is 6.07. The van der Waals surface area contributed by atoms with Gasteiger partial charge < -0.3 is 10.8 Å². The molecule has 0 aromatic rings. The number of alkyl halides is 3. The number of rotatable bonds is 5. The van der Waals surface area contributed by atoms with Crippen LogP contribution >= 0.6 is 11.8 Å². The number of ketones is 1. The highest BCUT2D eigenvalue weighted by Gasteiger charge is 2.53. The van der Waals surface area contributed by atoms with Gasteiger partial charge in [-0.05, 0) is 29.6 Å². The summed E-state index contributed by atoms with van der Waals surface area (Å²) in [6.07, 6.45) is -2.73. The van der Waals surface area contributed by atoms with Crippen molar-refractivity contribution in [2.45, 2.75) is 31.5 Å². The number of thioether (sulfide) groups is 1. The molecule has 2 rings (SSSR count). The first-order chi connectivity index (χ1) is 9.23. The summed E-state index contributed by atoms with van der Waals surface area (Å²) in [6.45, 7) is 0. The monoisotopic (exact) mass is 309 g/mol. The van der Waals surface area contributed by atoms with E-state index in [-0.39, 0.29) is 23.2 Å². The van der Waals surface area contributed by atoms with Crippen LogP contribution in [-0.2, 0) is 9.59 Å². The SMILES string of the molecule is NC(CSC1=C(C(=O)C(F)(F)F)C2CCCC12)C(=O)O. The van der Waals surface area contributed by atoms with E-state index in [1.165, 1.54) is 0 Å². The zero-order valence-electron chi connectivity index (χ0n) is 10.4. The number of fused-ring (bicyclic) bond motifs is 1. The summed E-state index contributed by atoms with van der Waals surface area (Å²) in [7, 11) is 0. The molecule has 0 saturated heterocycles. The summed E-state index contributed by atoms with van der Waals surface area (Å²) in [4.78, 5) is 22.4. The lowest BCUT2D eigenvalue weighted by atomic mass is 9.74. The van der Waals surface area contributed by atoms with Crippen LogP contribution in [0.4, 0.5) is 13.2 Å². The van der Waals surface area contributed by atoms with E-state index in [9.17, 15) is 22.8 Å². The van der Waals surface area contributed by atoms with Gasteiger partial charge in [-0.3, -0.25) is 9.59 Å². The normalized spacial score (nSPS) is 27.0. The minimum Gasteiger partial charge on any atom is -0.480 e. The number of Topliss-reactive ketones (excluding diaryl/α,β-unsaturated/α-hetero) is 1. The Morgan fingerprint density at radius 2 is 1.95 bits per heavy atom. The molecule has 2 aliphatic carbocycles. The van der Waals surface area contributed by atoms with Gasteiger partial charge in [0.2, 0.25) is 0 Å². The maximum atomic E-state index is 12.6. The van der Waals surface area contributed by atoms with E-state index in [0.29, 0.717) is 11.3 Å². The van der Waals surface area contributed by atoms with Gasteiger partial charge in [0, 0.05) is 11.3 Å². The molecule has 1 saturated carbocycles. The summed E-state index contributed by atoms with van der Waals surface area (Å²) < 4.78 is 37.7. The van der Waals surface area contributed by atoms with E-state index in [4.69, 9.17) is 10.8 Å². The number of aliphatic carboxylic acids is 1. The van der Waals surface area contributed by atoms with E-state index in [1.807, 2.05) is 0 Å². The van der Waals surface area contributed by atoms with E-state index in [2.05, 4.69) is 0 Å². The van der Waals surface area contributed by atoms with Gasteiger partial charge in [0.15, 0.2) is 0 Å². The predicted octanol–water partition coefficient (Wildman–Crippen LogP) is 1.95. The Hall–Kier alpha value is -1.02. The molecule has 8 heteroatoms. The molecule has 3 unspecified atom stereocenters. The number of carboxylic acid groups (broad SMARTS) is 1. The van der Waals surface area contributed by atoms with Gasteiger partial charge in [-0.25, -0.2) is 0 Å². The van der Waals surface area contributed by atoms with Crippen LogP contribution in [0.3, 0.4) is 0 Å². The number of carbonyl (C=O) groups excluding carboxylic acids is 1. The molecule has 0 radical (unpaired) electrons. The largest absolute Gasteiger partial charge is 0.480 e. The zero-order valence-corrected chi connectivity index (χ0v) is 11.3. The summed E-state index contributed by atoms with van der Waals surface area (Å²) in [5.41, 5.74) is 5.17. The lowest BCUT2D eigenvalue weighted by molar-refractivity contribution is -0.167. The van der Waals surface area contributed by atoms with Gasteiger partial charge in [0.05, 0.1) is 0 Å². The van der Waals surface area contributed by atoms with E-state index >= 15 is 0 Å².